The van der Waals surface area contributed by atoms with E-state index >= 15 is 0 Å². The van der Waals surface area contributed by atoms with Gasteiger partial charge in [-0.3, -0.25) is 4.79 Å². The number of carbonyl (C=O) groups is 1. The van der Waals surface area contributed by atoms with Crippen molar-refractivity contribution in [3.63, 3.8) is 0 Å². The van der Waals surface area contributed by atoms with E-state index < -0.39 is 0 Å². The predicted molar refractivity (Wildman–Crippen MR) is 64.7 cm³/mol. The third-order valence-corrected chi connectivity index (χ3v) is 2.69. The highest BCUT2D eigenvalue weighted by molar-refractivity contribution is 5.98. The number of fused-ring (bicyclic) bond motifs is 1. The summed E-state index contributed by atoms with van der Waals surface area (Å²) in [6.07, 6.45) is 2.22. The summed E-state index contributed by atoms with van der Waals surface area (Å²) in [5.74, 6) is 1.45. The van der Waals surface area contributed by atoms with Gasteiger partial charge in [0.25, 0.3) is 0 Å². The van der Waals surface area contributed by atoms with E-state index in [1.54, 1.807) is 18.2 Å². The van der Waals surface area contributed by atoms with Gasteiger partial charge in [0.05, 0.1) is 6.54 Å². The SMILES string of the molecule is CCCCNCC(=O)c1ccc2c(c1)OCO2. The number of carbonyl (C=O) groups excluding carboxylic acids is 1. The van der Waals surface area contributed by atoms with Crippen molar-refractivity contribution >= 4 is 5.78 Å². The van der Waals surface area contributed by atoms with Crippen LogP contribution in [0.1, 0.15) is 30.1 Å². The highest BCUT2D eigenvalue weighted by Crippen LogP contribution is 2.32. The molecule has 0 saturated heterocycles. The molecule has 1 N–H and O–H groups in total. The van der Waals surface area contributed by atoms with Crippen molar-refractivity contribution in [1.82, 2.24) is 5.32 Å². The molecule has 92 valence electrons. The van der Waals surface area contributed by atoms with Gasteiger partial charge in [-0.05, 0) is 31.2 Å². The first-order chi connectivity index (χ1) is 8.31. The van der Waals surface area contributed by atoms with Crippen molar-refractivity contribution in [1.29, 1.82) is 0 Å². The van der Waals surface area contributed by atoms with E-state index in [4.69, 9.17) is 9.47 Å². The first-order valence-electron chi connectivity index (χ1n) is 5.95. The Kier molecular flexibility index (Phi) is 3.98. The Morgan fingerprint density at radius 3 is 3.00 bits per heavy atom. The Morgan fingerprint density at radius 1 is 1.35 bits per heavy atom. The standard InChI is InChI=1S/C13H17NO3/c1-2-3-6-14-8-11(15)10-4-5-12-13(7-10)17-9-16-12/h4-5,7,14H,2-3,6,8-9H2,1H3. The van der Waals surface area contributed by atoms with Crippen LogP contribution in [0.4, 0.5) is 0 Å². The molecular weight excluding hydrogens is 218 g/mol. The summed E-state index contributed by atoms with van der Waals surface area (Å²) >= 11 is 0. The lowest BCUT2D eigenvalue weighted by atomic mass is 10.1. The minimum atomic E-state index is 0.0828. The van der Waals surface area contributed by atoms with Crippen LogP contribution < -0.4 is 14.8 Å². The summed E-state index contributed by atoms with van der Waals surface area (Å²) in [5, 5.41) is 3.13. The van der Waals surface area contributed by atoms with E-state index in [1.165, 1.54) is 0 Å². The van der Waals surface area contributed by atoms with Gasteiger partial charge in [0.2, 0.25) is 6.79 Å². The Labute approximate surface area is 101 Å². The molecule has 0 atom stereocenters. The molecule has 0 aromatic heterocycles. The van der Waals surface area contributed by atoms with Crippen LogP contribution in [0.3, 0.4) is 0 Å². The second-order valence-corrected chi connectivity index (χ2v) is 4.02. The Morgan fingerprint density at radius 2 is 2.18 bits per heavy atom. The van der Waals surface area contributed by atoms with Crippen molar-refractivity contribution in [3.8, 4) is 11.5 Å². The van der Waals surface area contributed by atoms with Gasteiger partial charge in [-0.2, -0.15) is 0 Å². The van der Waals surface area contributed by atoms with E-state index in [9.17, 15) is 4.79 Å². The second kappa shape index (κ2) is 5.68. The van der Waals surface area contributed by atoms with Gasteiger partial charge >= 0.3 is 0 Å². The summed E-state index contributed by atoms with van der Waals surface area (Å²) in [7, 11) is 0. The van der Waals surface area contributed by atoms with Crippen molar-refractivity contribution in [3.05, 3.63) is 23.8 Å². The maximum absolute atomic E-state index is 11.8. The number of hydrogen-bond donors (Lipinski definition) is 1. The van der Waals surface area contributed by atoms with E-state index in [2.05, 4.69) is 12.2 Å². The van der Waals surface area contributed by atoms with Gasteiger partial charge in [-0.25, -0.2) is 0 Å². The molecule has 0 bridgehead atoms. The fourth-order valence-electron chi connectivity index (χ4n) is 1.68. The maximum atomic E-state index is 11.8. The minimum absolute atomic E-state index is 0.0828. The molecular formula is C13H17NO3. The third-order valence-electron chi connectivity index (χ3n) is 2.69. The van der Waals surface area contributed by atoms with Gasteiger partial charge in [0, 0.05) is 5.56 Å². The van der Waals surface area contributed by atoms with E-state index in [-0.39, 0.29) is 12.6 Å². The van der Waals surface area contributed by atoms with E-state index in [1.807, 2.05) is 0 Å². The topological polar surface area (TPSA) is 47.6 Å². The summed E-state index contributed by atoms with van der Waals surface area (Å²) in [4.78, 5) is 11.8. The van der Waals surface area contributed by atoms with Crippen LogP contribution >= 0.6 is 0 Å². The fraction of sp³-hybridized carbons (Fsp3) is 0.462. The van der Waals surface area contributed by atoms with Crippen molar-refractivity contribution in [2.45, 2.75) is 19.8 Å². The molecule has 2 rings (SSSR count). The zero-order valence-corrected chi connectivity index (χ0v) is 9.99. The quantitative estimate of drug-likeness (QED) is 0.605. The number of Topliss-reactive ketones (excluding diaryl/α,β-unsaturated/α-hetero) is 1. The highest BCUT2D eigenvalue weighted by Gasteiger charge is 2.15. The molecule has 0 amide bonds. The van der Waals surface area contributed by atoms with Crippen LogP contribution in [0.5, 0.6) is 11.5 Å². The number of nitrogens with one attached hydrogen (secondary N) is 1. The molecule has 0 unspecified atom stereocenters. The number of hydrogen-bond acceptors (Lipinski definition) is 4. The molecule has 4 nitrogen and oxygen atoms in total. The predicted octanol–water partition coefficient (Wildman–Crippen LogP) is 1.99. The smallest absolute Gasteiger partial charge is 0.231 e. The van der Waals surface area contributed by atoms with Gasteiger partial charge < -0.3 is 14.8 Å². The lowest BCUT2D eigenvalue weighted by molar-refractivity contribution is 0.0990. The second-order valence-electron chi connectivity index (χ2n) is 4.02. The zero-order valence-electron chi connectivity index (χ0n) is 9.99. The Balaban J connectivity index is 1.91. The average molecular weight is 235 g/mol. The van der Waals surface area contributed by atoms with Crippen molar-refractivity contribution in [2.75, 3.05) is 19.9 Å². The first-order valence-corrected chi connectivity index (χ1v) is 5.95. The van der Waals surface area contributed by atoms with Crippen LogP contribution in [-0.2, 0) is 0 Å². The highest BCUT2D eigenvalue weighted by atomic mass is 16.7. The summed E-state index contributed by atoms with van der Waals surface area (Å²) in [5.41, 5.74) is 0.665. The molecule has 17 heavy (non-hydrogen) atoms. The van der Waals surface area contributed by atoms with Crippen LogP contribution in [0, 0.1) is 0 Å². The molecule has 1 heterocycles. The molecule has 0 fully saturated rings. The van der Waals surface area contributed by atoms with Gasteiger partial charge in [0.1, 0.15) is 0 Å². The molecule has 0 spiro atoms. The van der Waals surface area contributed by atoms with Crippen molar-refractivity contribution < 1.29 is 14.3 Å². The molecule has 0 aliphatic carbocycles. The van der Waals surface area contributed by atoms with Crippen LogP contribution in [0.15, 0.2) is 18.2 Å². The largest absolute Gasteiger partial charge is 0.454 e. The van der Waals surface area contributed by atoms with Gasteiger partial charge in [0.15, 0.2) is 17.3 Å². The molecule has 1 aromatic rings. The summed E-state index contributed by atoms with van der Waals surface area (Å²) in [6.45, 7) is 3.62. The normalized spacial score (nSPS) is 12.8. The molecule has 1 aliphatic heterocycles. The van der Waals surface area contributed by atoms with E-state index in [0.29, 0.717) is 23.6 Å². The van der Waals surface area contributed by atoms with Crippen molar-refractivity contribution in [2.24, 2.45) is 0 Å². The summed E-state index contributed by atoms with van der Waals surface area (Å²) < 4.78 is 10.4. The first kappa shape index (κ1) is 11.9. The van der Waals surface area contributed by atoms with Gasteiger partial charge in [-0.15, -0.1) is 0 Å². The fourth-order valence-corrected chi connectivity index (χ4v) is 1.68. The zero-order chi connectivity index (χ0) is 12.1. The van der Waals surface area contributed by atoms with E-state index in [0.717, 1.165) is 19.4 Å². The molecule has 0 radical (unpaired) electrons. The lowest BCUT2D eigenvalue weighted by Crippen LogP contribution is -2.23. The average Bonchev–Trinajstić information content (AvgIpc) is 2.81. The Bertz CT molecular complexity index is 404. The molecule has 1 aliphatic rings. The molecule has 4 heteroatoms. The Hall–Kier alpha value is -1.55. The van der Waals surface area contributed by atoms with Gasteiger partial charge in [-0.1, -0.05) is 13.3 Å². The number of unbranched alkanes of at least 4 members (excludes halogenated alkanes) is 1. The van der Waals surface area contributed by atoms with Crippen LogP contribution in [0.2, 0.25) is 0 Å². The third kappa shape index (κ3) is 2.97. The monoisotopic (exact) mass is 235 g/mol. The summed E-state index contributed by atoms with van der Waals surface area (Å²) in [6, 6.07) is 5.30. The number of rotatable bonds is 6. The number of ether oxygens (including phenoxy) is 2. The van der Waals surface area contributed by atoms with Crippen LogP contribution in [-0.4, -0.2) is 25.7 Å². The molecule has 0 saturated carbocycles. The number of ketones is 1. The lowest BCUT2D eigenvalue weighted by Gasteiger charge is -2.04. The maximum Gasteiger partial charge on any atom is 0.231 e. The minimum Gasteiger partial charge on any atom is -0.454 e. The van der Waals surface area contributed by atoms with Crippen LogP contribution in [0.25, 0.3) is 0 Å². The molecule has 1 aromatic carbocycles. The number of benzene rings is 1.